The van der Waals surface area contributed by atoms with Crippen molar-refractivity contribution in [1.82, 2.24) is 49.8 Å². The fraction of sp³-hybridized carbons (Fsp3) is 0.359. The Morgan fingerprint density at radius 1 is 0.982 bits per heavy atom. The summed E-state index contributed by atoms with van der Waals surface area (Å²) in [6, 6.07) is 12.4. The van der Waals surface area contributed by atoms with Gasteiger partial charge in [-0.05, 0) is 62.2 Å². The standard InChI is InChI=1S/C39H42FN13O3/c1-24(32-16-28(40)3-6-33(32)53-43-10-11-44-53)56-35-15-26(18-42-37(35)41)27-19-45-52(23-27)29-7-12-49(13-8-29)20-25-21-50(22-25)30-4-5-31-34(17-30)48(2)47-38(31)51-14-9-36(54)46-39(51)55/h3-6,10-11,15-19,23-25,29H,7-9,12-14,20-22H2,1-2H3,(H2,41,42)(H,46,54,55)/t24-/m1/s1. The van der Waals surface area contributed by atoms with Crippen molar-refractivity contribution in [2.75, 3.05) is 54.8 Å². The zero-order valence-electron chi connectivity index (χ0n) is 31.1. The maximum atomic E-state index is 14.3. The maximum Gasteiger partial charge on any atom is 0.329 e. The van der Waals surface area contributed by atoms with E-state index in [-0.39, 0.29) is 18.1 Å². The molecule has 0 saturated carbocycles. The summed E-state index contributed by atoms with van der Waals surface area (Å²) in [5.74, 6) is 1.14. The number of halogens is 1. The number of nitrogens with one attached hydrogen (secondary N) is 1. The molecule has 0 bridgehead atoms. The maximum absolute atomic E-state index is 14.3. The molecular formula is C39H42FN13O3. The molecule has 3 N–H and O–H groups in total. The molecule has 0 radical (unpaired) electrons. The van der Waals surface area contributed by atoms with Crippen LogP contribution in [0.25, 0.3) is 27.7 Å². The highest BCUT2D eigenvalue weighted by molar-refractivity contribution is 6.09. The third-order valence-corrected chi connectivity index (χ3v) is 11.1. The fourth-order valence-corrected chi connectivity index (χ4v) is 8.04. The van der Waals surface area contributed by atoms with Crippen molar-refractivity contribution in [3.63, 3.8) is 0 Å². The van der Waals surface area contributed by atoms with Crippen LogP contribution in [-0.4, -0.2) is 95.6 Å². The van der Waals surface area contributed by atoms with Crippen LogP contribution < -0.4 is 25.6 Å². The number of ether oxygens (including phenoxy) is 1. The zero-order valence-corrected chi connectivity index (χ0v) is 31.1. The summed E-state index contributed by atoms with van der Waals surface area (Å²) in [5, 5.41) is 21.0. The predicted molar refractivity (Wildman–Crippen MR) is 207 cm³/mol. The van der Waals surface area contributed by atoms with E-state index in [2.05, 4.69) is 58.4 Å². The number of carbonyl (C=O) groups is 2. The van der Waals surface area contributed by atoms with Crippen LogP contribution in [0.5, 0.6) is 5.75 Å². The number of hydrogen-bond acceptors (Lipinski definition) is 11. The minimum absolute atomic E-state index is 0.235. The largest absolute Gasteiger partial charge is 0.482 e. The van der Waals surface area contributed by atoms with Gasteiger partial charge >= 0.3 is 6.03 Å². The van der Waals surface area contributed by atoms with Crippen LogP contribution in [0.1, 0.15) is 43.9 Å². The second kappa shape index (κ2) is 14.4. The van der Waals surface area contributed by atoms with E-state index in [1.807, 2.05) is 32.3 Å². The highest BCUT2D eigenvalue weighted by Crippen LogP contribution is 2.35. The van der Waals surface area contributed by atoms with Crippen LogP contribution in [0.4, 0.5) is 26.5 Å². The highest BCUT2D eigenvalue weighted by atomic mass is 19.1. The SMILES string of the molecule is C[C@@H](Oc1cc(-c2cnn(C3CCN(CC4CN(c5ccc6c(N7CCC(=O)NC7=O)nn(C)c6c5)C4)CC3)c2)cnc1N)c1cc(F)ccc1-n1nccn1. The number of benzene rings is 2. The Kier molecular flexibility index (Phi) is 9.07. The second-order valence-corrected chi connectivity index (χ2v) is 14.8. The molecule has 3 aliphatic rings. The first kappa shape index (κ1) is 35.3. The Morgan fingerprint density at radius 2 is 1.79 bits per heavy atom. The minimum atomic E-state index is -0.571. The molecule has 1 atom stereocenters. The fourth-order valence-electron chi connectivity index (χ4n) is 8.04. The Bertz CT molecular complexity index is 2410. The number of nitrogens with two attached hydrogens (primary N) is 1. The topological polar surface area (TPSA) is 170 Å². The highest BCUT2D eigenvalue weighted by Gasteiger charge is 2.32. The van der Waals surface area contributed by atoms with E-state index in [9.17, 15) is 14.0 Å². The number of hydrogen-bond donors (Lipinski definition) is 2. The van der Waals surface area contributed by atoms with E-state index in [1.165, 1.54) is 21.8 Å². The summed E-state index contributed by atoms with van der Waals surface area (Å²) >= 11 is 0. The molecule has 3 amide bonds. The molecule has 0 unspecified atom stereocenters. The number of likely N-dealkylation sites (tertiary alicyclic amines) is 1. The van der Waals surface area contributed by atoms with Crippen LogP contribution >= 0.6 is 0 Å². The Balaban J connectivity index is 0.786. The van der Waals surface area contributed by atoms with E-state index in [1.54, 1.807) is 29.3 Å². The number of rotatable bonds is 10. The number of pyridine rings is 1. The average Bonchev–Trinajstić information content (AvgIpc) is 3.96. The van der Waals surface area contributed by atoms with Gasteiger partial charge in [0.25, 0.3) is 0 Å². The Morgan fingerprint density at radius 3 is 2.57 bits per heavy atom. The van der Waals surface area contributed by atoms with Gasteiger partial charge in [0.2, 0.25) is 5.91 Å². The first-order valence-electron chi connectivity index (χ1n) is 18.8. The lowest BCUT2D eigenvalue weighted by Crippen LogP contribution is -2.52. The van der Waals surface area contributed by atoms with E-state index in [4.69, 9.17) is 15.6 Å². The number of urea groups is 1. The molecule has 0 aliphatic carbocycles. The van der Waals surface area contributed by atoms with E-state index < -0.39 is 18.0 Å². The molecule has 7 heterocycles. The minimum Gasteiger partial charge on any atom is -0.482 e. The van der Waals surface area contributed by atoms with Gasteiger partial charge in [0.1, 0.15) is 11.9 Å². The van der Waals surface area contributed by atoms with Crippen molar-refractivity contribution in [3.05, 3.63) is 84.8 Å². The van der Waals surface area contributed by atoms with Crippen LogP contribution in [-0.2, 0) is 11.8 Å². The van der Waals surface area contributed by atoms with Crippen molar-refractivity contribution < 1.29 is 18.7 Å². The van der Waals surface area contributed by atoms with E-state index in [0.717, 1.165) is 73.3 Å². The van der Waals surface area contributed by atoms with Gasteiger partial charge in [-0.3, -0.25) is 24.4 Å². The Hall–Kier alpha value is -6.36. The number of imide groups is 1. The summed E-state index contributed by atoms with van der Waals surface area (Å²) < 4.78 is 24.4. The molecular weight excluding hydrogens is 718 g/mol. The van der Waals surface area contributed by atoms with E-state index in [0.29, 0.717) is 41.3 Å². The normalized spacial score (nSPS) is 17.7. The van der Waals surface area contributed by atoms with Crippen molar-refractivity contribution >= 4 is 40.2 Å². The molecule has 6 aromatic rings. The van der Waals surface area contributed by atoms with Crippen LogP contribution in [0.15, 0.2) is 73.4 Å². The lowest BCUT2D eigenvalue weighted by atomic mass is 9.96. The molecule has 16 nitrogen and oxygen atoms in total. The van der Waals surface area contributed by atoms with Crippen LogP contribution in [0.3, 0.4) is 0 Å². The number of fused-ring (bicyclic) bond motifs is 1. The molecule has 3 aliphatic heterocycles. The third-order valence-electron chi connectivity index (χ3n) is 11.1. The first-order valence-corrected chi connectivity index (χ1v) is 18.8. The van der Waals surface area contributed by atoms with Gasteiger partial charge in [0.05, 0.1) is 35.8 Å². The quantitative estimate of drug-likeness (QED) is 0.202. The summed E-state index contributed by atoms with van der Waals surface area (Å²) in [6.45, 7) is 7.18. The third kappa shape index (κ3) is 6.78. The Labute approximate surface area is 321 Å². The second-order valence-electron chi connectivity index (χ2n) is 14.8. The molecule has 9 rings (SSSR count). The van der Waals surface area contributed by atoms with Crippen molar-refractivity contribution in [2.45, 2.75) is 38.3 Å². The molecule has 17 heteroatoms. The lowest BCUT2D eigenvalue weighted by Gasteiger charge is -2.44. The summed E-state index contributed by atoms with van der Waals surface area (Å²) in [4.78, 5) is 36.4. The number of amides is 3. The van der Waals surface area contributed by atoms with Gasteiger partial charge in [0.15, 0.2) is 17.4 Å². The molecule has 0 spiro atoms. The van der Waals surface area contributed by atoms with Crippen LogP contribution in [0, 0.1) is 11.7 Å². The lowest BCUT2D eigenvalue weighted by molar-refractivity contribution is -0.120. The summed E-state index contributed by atoms with van der Waals surface area (Å²) in [7, 11) is 1.88. The van der Waals surface area contributed by atoms with Gasteiger partial charge < -0.3 is 20.3 Å². The molecule has 3 saturated heterocycles. The van der Waals surface area contributed by atoms with Gasteiger partial charge in [-0.2, -0.15) is 25.2 Å². The molecule has 288 valence electrons. The number of anilines is 3. The summed E-state index contributed by atoms with van der Waals surface area (Å²) in [6.07, 6.45) is 10.4. The van der Waals surface area contributed by atoms with Crippen molar-refractivity contribution in [2.24, 2.45) is 13.0 Å². The van der Waals surface area contributed by atoms with Crippen molar-refractivity contribution in [3.8, 4) is 22.6 Å². The molecule has 4 aromatic heterocycles. The number of carbonyl (C=O) groups excluding carboxylic acids is 2. The first-order chi connectivity index (χ1) is 27.2. The van der Waals surface area contributed by atoms with Gasteiger partial charge in [-0.25, -0.2) is 14.2 Å². The van der Waals surface area contributed by atoms with Gasteiger partial charge in [-0.15, -0.1) is 0 Å². The number of aryl methyl sites for hydroxylation is 1. The summed E-state index contributed by atoms with van der Waals surface area (Å²) in [5.41, 5.74) is 11.2. The molecule has 3 fully saturated rings. The monoisotopic (exact) mass is 759 g/mol. The van der Waals surface area contributed by atoms with E-state index >= 15 is 0 Å². The molecule has 2 aromatic carbocycles. The van der Waals surface area contributed by atoms with Gasteiger partial charge in [-0.1, -0.05) is 0 Å². The zero-order chi connectivity index (χ0) is 38.5. The number of piperidine rings is 1. The van der Waals surface area contributed by atoms with Gasteiger partial charge in [0, 0.05) is 98.8 Å². The number of aromatic nitrogens is 8. The number of nitrogen functional groups attached to an aromatic ring is 1. The molecule has 56 heavy (non-hydrogen) atoms. The number of nitrogens with zero attached hydrogens (tertiary/aromatic N) is 11. The van der Waals surface area contributed by atoms with Crippen LogP contribution in [0.2, 0.25) is 0 Å². The smallest absolute Gasteiger partial charge is 0.329 e. The average molecular weight is 760 g/mol. The predicted octanol–water partition coefficient (Wildman–Crippen LogP) is 4.49. The van der Waals surface area contributed by atoms with Crippen molar-refractivity contribution in [1.29, 1.82) is 0 Å².